The minimum absolute atomic E-state index is 0.139. The van der Waals surface area contributed by atoms with E-state index in [2.05, 4.69) is 0 Å². The fourth-order valence-electron chi connectivity index (χ4n) is 2.09. The van der Waals surface area contributed by atoms with Crippen LogP contribution in [-0.2, 0) is 6.42 Å². The second kappa shape index (κ2) is 6.58. The van der Waals surface area contributed by atoms with Crippen molar-refractivity contribution in [2.75, 3.05) is 7.11 Å². The molecule has 0 aliphatic heterocycles. The van der Waals surface area contributed by atoms with Gasteiger partial charge in [-0.25, -0.2) is 0 Å². The highest BCUT2D eigenvalue weighted by atomic mass is 16.5. The largest absolute Gasteiger partial charge is 0.504 e. The molecule has 0 atom stereocenters. The maximum atomic E-state index is 12.2. The van der Waals surface area contributed by atoms with E-state index in [0.717, 1.165) is 5.56 Å². The van der Waals surface area contributed by atoms with Gasteiger partial charge in [0.25, 0.3) is 0 Å². The molecule has 0 saturated carbocycles. The van der Waals surface area contributed by atoms with Crippen molar-refractivity contribution in [2.24, 2.45) is 0 Å². The molecule has 0 bridgehead atoms. The van der Waals surface area contributed by atoms with Crippen molar-refractivity contribution in [3.8, 4) is 17.6 Å². The fraction of sp³-hybridized carbons (Fsp3) is 0.176. The summed E-state index contributed by atoms with van der Waals surface area (Å²) in [6.07, 6.45) is 0.877. The Morgan fingerprint density at radius 2 is 2.00 bits per heavy atom. The molecule has 0 aromatic heterocycles. The molecule has 0 aliphatic carbocycles. The topological polar surface area (TPSA) is 70.3 Å². The van der Waals surface area contributed by atoms with Crippen LogP contribution in [0.4, 0.5) is 0 Å². The lowest BCUT2D eigenvalue weighted by Crippen LogP contribution is -2.04. The quantitative estimate of drug-likeness (QED) is 0.855. The van der Waals surface area contributed by atoms with Crippen LogP contribution in [0.5, 0.6) is 11.5 Å². The number of phenols is 1. The van der Waals surface area contributed by atoms with Crippen LogP contribution < -0.4 is 4.74 Å². The molecule has 106 valence electrons. The Hall–Kier alpha value is -2.80. The third kappa shape index (κ3) is 3.40. The van der Waals surface area contributed by atoms with Gasteiger partial charge in [-0.1, -0.05) is 30.3 Å². The van der Waals surface area contributed by atoms with Crippen molar-refractivity contribution in [2.45, 2.75) is 12.8 Å². The molecule has 0 heterocycles. The number of ether oxygens (including phenoxy) is 1. The summed E-state index contributed by atoms with van der Waals surface area (Å²) in [6, 6.07) is 14.3. The molecular weight excluding hydrogens is 266 g/mol. The zero-order valence-electron chi connectivity index (χ0n) is 11.7. The summed E-state index contributed by atoms with van der Waals surface area (Å²) >= 11 is 0. The van der Waals surface area contributed by atoms with Gasteiger partial charge in [-0.15, -0.1) is 0 Å². The van der Waals surface area contributed by atoms with Gasteiger partial charge in [0, 0.05) is 18.1 Å². The van der Waals surface area contributed by atoms with Gasteiger partial charge in [0.2, 0.25) is 0 Å². The molecule has 0 fully saturated rings. The molecule has 1 N–H and O–H groups in total. The highest BCUT2D eigenvalue weighted by Gasteiger charge is 2.15. The summed E-state index contributed by atoms with van der Waals surface area (Å²) in [5.74, 6) is -0.126. The van der Waals surface area contributed by atoms with Crippen molar-refractivity contribution in [1.82, 2.24) is 0 Å². The van der Waals surface area contributed by atoms with Crippen LogP contribution in [0.3, 0.4) is 0 Å². The second-order valence-corrected chi connectivity index (χ2v) is 4.59. The third-order valence-corrected chi connectivity index (χ3v) is 3.22. The van der Waals surface area contributed by atoms with E-state index in [0.29, 0.717) is 6.42 Å². The molecule has 4 nitrogen and oxygen atoms in total. The molecule has 2 aromatic carbocycles. The van der Waals surface area contributed by atoms with E-state index in [1.807, 2.05) is 36.4 Å². The molecular formula is C17H15NO3. The van der Waals surface area contributed by atoms with E-state index >= 15 is 0 Å². The number of aryl methyl sites for hydroxylation is 1. The molecule has 2 aromatic rings. The number of phenolic OH excluding ortho intramolecular Hbond substituents is 1. The first kappa shape index (κ1) is 14.6. The number of nitrogens with zero attached hydrogens (tertiary/aromatic N) is 1. The number of nitriles is 1. The average Bonchev–Trinajstić information content (AvgIpc) is 2.53. The van der Waals surface area contributed by atoms with Crippen LogP contribution in [0.1, 0.15) is 27.9 Å². The van der Waals surface area contributed by atoms with Crippen molar-refractivity contribution in [3.63, 3.8) is 0 Å². The SMILES string of the molecule is COc1cc(C#N)c(C(=O)CCc2ccccc2)cc1O. The van der Waals surface area contributed by atoms with E-state index in [1.165, 1.54) is 19.2 Å². The van der Waals surface area contributed by atoms with Gasteiger partial charge < -0.3 is 9.84 Å². The first-order chi connectivity index (χ1) is 10.2. The number of methoxy groups -OCH3 is 1. The molecule has 2 rings (SSSR count). The zero-order chi connectivity index (χ0) is 15.2. The van der Waals surface area contributed by atoms with E-state index in [-0.39, 0.29) is 34.8 Å². The Balaban J connectivity index is 2.19. The van der Waals surface area contributed by atoms with Gasteiger partial charge in [-0.2, -0.15) is 5.26 Å². The molecule has 0 aliphatic rings. The Morgan fingerprint density at radius 3 is 2.62 bits per heavy atom. The summed E-state index contributed by atoms with van der Waals surface area (Å²) in [4.78, 5) is 12.2. The minimum Gasteiger partial charge on any atom is -0.504 e. The standard InChI is InChI=1S/C17H15NO3/c1-21-17-9-13(11-18)14(10-16(17)20)15(19)8-7-12-5-3-2-4-6-12/h2-6,9-10,20H,7-8H2,1H3. The van der Waals surface area contributed by atoms with Crippen molar-refractivity contribution in [1.29, 1.82) is 5.26 Å². The van der Waals surface area contributed by atoms with Crippen molar-refractivity contribution < 1.29 is 14.6 Å². The zero-order valence-corrected chi connectivity index (χ0v) is 11.7. The van der Waals surface area contributed by atoms with Gasteiger partial charge in [0.05, 0.1) is 12.7 Å². The molecule has 0 amide bonds. The van der Waals surface area contributed by atoms with Crippen LogP contribution in [-0.4, -0.2) is 18.0 Å². The number of hydrogen-bond donors (Lipinski definition) is 1. The predicted molar refractivity (Wildman–Crippen MR) is 78.5 cm³/mol. The minimum atomic E-state index is -0.173. The van der Waals surface area contributed by atoms with E-state index in [1.54, 1.807) is 0 Å². The molecule has 0 radical (unpaired) electrons. The highest BCUT2D eigenvalue weighted by Crippen LogP contribution is 2.30. The lowest BCUT2D eigenvalue weighted by molar-refractivity contribution is 0.0982. The fourth-order valence-corrected chi connectivity index (χ4v) is 2.09. The molecule has 0 spiro atoms. The lowest BCUT2D eigenvalue weighted by atomic mass is 9.98. The Morgan fingerprint density at radius 1 is 1.29 bits per heavy atom. The van der Waals surface area contributed by atoms with Gasteiger partial charge >= 0.3 is 0 Å². The van der Waals surface area contributed by atoms with E-state index < -0.39 is 0 Å². The maximum absolute atomic E-state index is 12.2. The number of benzene rings is 2. The molecule has 0 unspecified atom stereocenters. The second-order valence-electron chi connectivity index (χ2n) is 4.59. The summed E-state index contributed by atoms with van der Waals surface area (Å²) in [6.45, 7) is 0. The van der Waals surface area contributed by atoms with Gasteiger partial charge in [-0.3, -0.25) is 4.79 Å². The molecule has 4 heteroatoms. The predicted octanol–water partition coefficient (Wildman–Crippen LogP) is 3.09. The highest BCUT2D eigenvalue weighted by molar-refractivity contribution is 5.99. The summed E-state index contributed by atoms with van der Waals surface area (Å²) in [5, 5.41) is 18.9. The number of aromatic hydroxyl groups is 1. The monoisotopic (exact) mass is 281 g/mol. The van der Waals surface area contributed by atoms with Crippen LogP contribution in [0, 0.1) is 11.3 Å². The van der Waals surface area contributed by atoms with Crippen molar-refractivity contribution in [3.05, 3.63) is 59.2 Å². The van der Waals surface area contributed by atoms with Crippen LogP contribution in [0.15, 0.2) is 42.5 Å². The van der Waals surface area contributed by atoms with Crippen molar-refractivity contribution >= 4 is 5.78 Å². The van der Waals surface area contributed by atoms with Crippen LogP contribution in [0.25, 0.3) is 0 Å². The summed E-state index contributed by atoms with van der Waals surface area (Å²) < 4.78 is 4.94. The maximum Gasteiger partial charge on any atom is 0.164 e. The Labute approximate surface area is 123 Å². The molecule has 21 heavy (non-hydrogen) atoms. The lowest BCUT2D eigenvalue weighted by Gasteiger charge is -2.08. The number of ketones is 1. The van der Waals surface area contributed by atoms with Crippen LogP contribution >= 0.6 is 0 Å². The number of carbonyl (C=O) groups excluding carboxylic acids is 1. The Bertz CT molecular complexity index is 687. The number of hydrogen-bond acceptors (Lipinski definition) is 4. The number of Topliss-reactive ketones (excluding diaryl/α,β-unsaturated/α-hetero) is 1. The van der Waals surface area contributed by atoms with E-state index in [4.69, 9.17) is 10.00 Å². The van der Waals surface area contributed by atoms with Crippen LogP contribution in [0.2, 0.25) is 0 Å². The van der Waals surface area contributed by atoms with Gasteiger partial charge in [0.1, 0.15) is 6.07 Å². The smallest absolute Gasteiger partial charge is 0.164 e. The van der Waals surface area contributed by atoms with E-state index in [9.17, 15) is 9.90 Å². The van der Waals surface area contributed by atoms with Gasteiger partial charge in [0.15, 0.2) is 17.3 Å². The number of carbonyl (C=O) groups is 1. The Kier molecular flexibility index (Phi) is 4.57. The summed E-state index contributed by atoms with van der Waals surface area (Å²) in [5.41, 5.74) is 1.50. The van der Waals surface area contributed by atoms with Gasteiger partial charge in [-0.05, 0) is 18.1 Å². The summed E-state index contributed by atoms with van der Waals surface area (Å²) in [7, 11) is 1.40. The first-order valence-electron chi connectivity index (χ1n) is 6.54. The molecule has 0 saturated heterocycles. The average molecular weight is 281 g/mol. The first-order valence-corrected chi connectivity index (χ1v) is 6.54. The normalized spacial score (nSPS) is 9.90. The number of rotatable bonds is 5. The third-order valence-electron chi connectivity index (χ3n) is 3.22.